The fourth-order valence-electron chi connectivity index (χ4n) is 8.07. The maximum absolute atomic E-state index is 6.77. The molecule has 1 nitrogen and oxygen atoms in total. The molecule has 0 fully saturated rings. The molecule has 7 aromatic carbocycles. The van der Waals surface area contributed by atoms with Gasteiger partial charge >= 0.3 is 0 Å². The first kappa shape index (κ1) is 28.1. The van der Waals surface area contributed by atoms with Crippen LogP contribution in [0.4, 0.5) is 0 Å². The van der Waals surface area contributed by atoms with Crippen LogP contribution in [0.3, 0.4) is 0 Å². The summed E-state index contributed by atoms with van der Waals surface area (Å²) in [5, 5.41) is 0. The van der Waals surface area contributed by atoms with Crippen LogP contribution in [0.1, 0.15) is 22.3 Å². The molecule has 1 aromatic heterocycles. The van der Waals surface area contributed by atoms with Crippen molar-refractivity contribution in [1.29, 1.82) is 0 Å². The van der Waals surface area contributed by atoms with E-state index in [-0.39, 0.29) is 0 Å². The van der Waals surface area contributed by atoms with Gasteiger partial charge in [-0.25, -0.2) is 0 Å². The minimum atomic E-state index is -0.439. The number of ether oxygens (including phenoxy) is 1. The summed E-state index contributed by atoms with van der Waals surface area (Å²) in [5.41, 5.74) is 14.5. The van der Waals surface area contributed by atoms with E-state index in [0.717, 1.165) is 17.1 Å². The van der Waals surface area contributed by atoms with E-state index >= 15 is 0 Å². The first-order valence-corrected chi connectivity index (χ1v) is 17.6. The van der Waals surface area contributed by atoms with Gasteiger partial charge < -0.3 is 4.74 Å². The molecule has 0 bridgehead atoms. The van der Waals surface area contributed by atoms with E-state index in [1.807, 2.05) is 11.3 Å². The van der Waals surface area contributed by atoms with Gasteiger partial charge in [0.25, 0.3) is 0 Å². The second-order valence-electron chi connectivity index (χ2n) is 12.8. The van der Waals surface area contributed by atoms with Gasteiger partial charge in [0, 0.05) is 20.9 Å². The molecule has 2 heteroatoms. The minimum absolute atomic E-state index is 0.439. The average molecular weight is 643 g/mol. The highest BCUT2D eigenvalue weighted by Gasteiger charge is 2.50. The summed E-state index contributed by atoms with van der Waals surface area (Å²) in [6.45, 7) is 0. The lowest BCUT2D eigenvalue weighted by Crippen LogP contribution is -2.32. The molecule has 0 N–H and O–H groups in total. The molecular weight excluding hydrogens is 613 g/mol. The molecule has 0 amide bonds. The van der Waals surface area contributed by atoms with Crippen LogP contribution in [0.2, 0.25) is 0 Å². The topological polar surface area (TPSA) is 9.23 Å². The molecule has 230 valence electrons. The van der Waals surface area contributed by atoms with Crippen molar-refractivity contribution in [3.05, 3.63) is 204 Å². The van der Waals surface area contributed by atoms with Crippen LogP contribution in [0.25, 0.3) is 54.3 Å². The quantitative estimate of drug-likeness (QED) is 0.186. The second-order valence-corrected chi connectivity index (χ2v) is 13.9. The van der Waals surface area contributed by atoms with Gasteiger partial charge in [-0.05, 0) is 79.9 Å². The highest BCUT2D eigenvalue weighted by molar-refractivity contribution is 7.18. The largest absolute Gasteiger partial charge is 0.457 e. The van der Waals surface area contributed by atoms with Crippen LogP contribution < -0.4 is 4.74 Å². The average Bonchev–Trinajstić information content (AvgIpc) is 3.78. The smallest absolute Gasteiger partial charge is 0.132 e. The van der Waals surface area contributed by atoms with Crippen molar-refractivity contribution in [2.45, 2.75) is 5.41 Å². The molecule has 0 unspecified atom stereocenters. The zero-order valence-electron chi connectivity index (χ0n) is 26.6. The number of thiophene rings is 1. The summed E-state index contributed by atoms with van der Waals surface area (Å²) >= 11 is 1.83. The highest BCUT2D eigenvalue weighted by Crippen LogP contribution is 2.62. The molecule has 0 saturated carbocycles. The molecule has 8 aromatic rings. The van der Waals surface area contributed by atoms with Crippen molar-refractivity contribution < 1.29 is 4.74 Å². The molecule has 2 aliphatic rings. The van der Waals surface area contributed by atoms with Gasteiger partial charge in [0.15, 0.2) is 0 Å². The Morgan fingerprint density at radius 3 is 1.57 bits per heavy atom. The second kappa shape index (κ2) is 11.1. The Hall–Kier alpha value is -5.96. The monoisotopic (exact) mass is 642 g/mol. The summed E-state index contributed by atoms with van der Waals surface area (Å²) in [6.07, 6.45) is 0. The zero-order chi connectivity index (χ0) is 32.4. The molecule has 0 atom stereocenters. The summed E-state index contributed by atoms with van der Waals surface area (Å²) in [5.74, 6) is 1.83. The Labute approximate surface area is 290 Å². The lowest BCUT2D eigenvalue weighted by molar-refractivity contribution is 0.436. The Kier molecular flexibility index (Phi) is 6.34. The SMILES string of the molecule is c1ccc(-c2ccc(-c3ccccc3-c3ccc(-c4ccc5c(c4)Oc4ccccc4C54c5ccccc5-c5ccccc54)s3)cc2)cc1. The predicted octanol–water partition coefficient (Wildman–Crippen LogP) is 12.9. The van der Waals surface area contributed by atoms with Crippen LogP contribution in [0.15, 0.2) is 182 Å². The van der Waals surface area contributed by atoms with Crippen LogP contribution in [-0.2, 0) is 5.41 Å². The van der Waals surface area contributed by atoms with Crippen LogP contribution in [0, 0.1) is 0 Å². The van der Waals surface area contributed by atoms with E-state index in [0.29, 0.717) is 0 Å². The number of rotatable bonds is 4. The lowest BCUT2D eigenvalue weighted by Gasteiger charge is -2.39. The maximum Gasteiger partial charge on any atom is 0.132 e. The summed E-state index contributed by atoms with van der Waals surface area (Å²) in [6, 6.07) is 65.9. The van der Waals surface area contributed by atoms with Gasteiger partial charge in [-0.3, -0.25) is 0 Å². The lowest BCUT2D eigenvalue weighted by atomic mass is 9.66. The molecule has 49 heavy (non-hydrogen) atoms. The fourth-order valence-corrected chi connectivity index (χ4v) is 9.12. The highest BCUT2D eigenvalue weighted by atomic mass is 32.1. The van der Waals surface area contributed by atoms with Gasteiger partial charge in [-0.1, -0.05) is 158 Å². The van der Waals surface area contributed by atoms with E-state index in [2.05, 4.69) is 182 Å². The number of para-hydroxylation sites is 1. The maximum atomic E-state index is 6.77. The number of fused-ring (bicyclic) bond motifs is 9. The Morgan fingerprint density at radius 1 is 0.327 bits per heavy atom. The molecule has 0 radical (unpaired) electrons. The van der Waals surface area contributed by atoms with Crippen molar-refractivity contribution in [2.24, 2.45) is 0 Å². The van der Waals surface area contributed by atoms with E-state index in [1.165, 1.54) is 71.0 Å². The van der Waals surface area contributed by atoms with Crippen molar-refractivity contribution in [1.82, 2.24) is 0 Å². The Bertz CT molecular complexity index is 2480. The number of hydrogen-bond acceptors (Lipinski definition) is 2. The van der Waals surface area contributed by atoms with Crippen LogP contribution in [-0.4, -0.2) is 0 Å². The van der Waals surface area contributed by atoms with E-state index in [9.17, 15) is 0 Å². The molecule has 1 aliphatic carbocycles. The minimum Gasteiger partial charge on any atom is -0.457 e. The Balaban J connectivity index is 1.06. The van der Waals surface area contributed by atoms with Gasteiger partial charge in [-0.15, -0.1) is 11.3 Å². The van der Waals surface area contributed by atoms with Crippen molar-refractivity contribution in [3.63, 3.8) is 0 Å². The molecule has 10 rings (SSSR count). The molecular formula is C47H30OS. The number of hydrogen-bond donors (Lipinski definition) is 0. The third-order valence-corrected chi connectivity index (χ3v) is 11.4. The first-order valence-electron chi connectivity index (χ1n) is 16.8. The standard InChI is InChI=1S/C47H30OS/c1-2-12-31(13-3-1)32-22-24-33(25-23-32)35-14-4-5-17-38(35)46-29-28-45(49-46)34-26-27-42-44(30-34)48-43-21-11-10-20-41(43)47(42)39-18-8-6-15-36(39)37-16-7-9-19-40(37)47/h1-30H. The summed E-state index contributed by atoms with van der Waals surface area (Å²) in [7, 11) is 0. The van der Waals surface area contributed by atoms with Crippen molar-refractivity contribution in [3.8, 4) is 65.8 Å². The summed E-state index contributed by atoms with van der Waals surface area (Å²) in [4.78, 5) is 2.47. The zero-order valence-corrected chi connectivity index (χ0v) is 27.5. The van der Waals surface area contributed by atoms with E-state index < -0.39 is 5.41 Å². The van der Waals surface area contributed by atoms with Crippen molar-refractivity contribution >= 4 is 11.3 Å². The van der Waals surface area contributed by atoms with E-state index in [1.54, 1.807) is 0 Å². The molecule has 0 saturated heterocycles. The summed E-state index contributed by atoms with van der Waals surface area (Å²) < 4.78 is 6.77. The van der Waals surface area contributed by atoms with Crippen LogP contribution in [0.5, 0.6) is 11.5 Å². The van der Waals surface area contributed by atoms with Gasteiger partial charge in [0.2, 0.25) is 0 Å². The molecule has 1 spiro atoms. The van der Waals surface area contributed by atoms with Gasteiger partial charge in [-0.2, -0.15) is 0 Å². The third kappa shape index (κ3) is 4.24. The molecule has 2 heterocycles. The van der Waals surface area contributed by atoms with Crippen LogP contribution >= 0.6 is 11.3 Å². The van der Waals surface area contributed by atoms with E-state index in [4.69, 9.17) is 4.74 Å². The van der Waals surface area contributed by atoms with Crippen molar-refractivity contribution in [2.75, 3.05) is 0 Å². The van der Waals surface area contributed by atoms with Gasteiger partial charge in [0.1, 0.15) is 11.5 Å². The Morgan fingerprint density at radius 2 is 0.837 bits per heavy atom. The first-order chi connectivity index (χ1) is 24.3. The predicted molar refractivity (Wildman–Crippen MR) is 203 cm³/mol. The fraction of sp³-hybridized carbons (Fsp3) is 0.0213. The van der Waals surface area contributed by atoms with Gasteiger partial charge in [0.05, 0.1) is 5.41 Å². The number of benzene rings is 7. The molecule has 1 aliphatic heterocycles. The third-order valence-electron chi connectivity index (χ3n) is 10.2. The normalized spacial score (nSPS) is 13.2.